The predicted molar refractivity (Wildman–Crippen MR) is 147 cm³/mol. The number of likely N-dealkylation sites (tertiary alicyclic amines) is 1. The van der Waals surface area contributed by atoms with Gasteiger partial charge in [0, 0.05) is 41.7 Å². The Bertz CT molecular complexity index is 1230. The highest BCUT2D eigenvalue weighted by atomic mass is 32.1. The first-order valence-corrected chi connectivity index (χ1v) is 14.6. The second-order valence-corrected chi connectivity index (χ2v) is 11.6. The number of aromatic nitrogens is 1. The van der Waals surface area contributed by atoms with Crippen molar-refractivity contribution in [2.75, 3.05) is 18.4 Å². The molecule has 206 valence electrons. The minimum atomic E-state index is -0.872. The van der Waals surface area contributed by atoms with E-state index in [4.69, 9.17) is 5.11 Å². The first-order chi connectivity index (χ1) is 18.9. The lowest BCUT2D eigenvalue weighted by molar-refractivity contribution is -0.127. The van der Waals surface area contributed by atoms with E-state index in [1.54, 1.807) is 12.1 Å². The number of nitriles is 1. The summed E-state index contributed by atoms with van der Waals surface area (Å²) in [6.07, 6.45) is 5.91. The van der Waals surface area contributed by atoms with Crippen LogP contribution in [0.5, 0.6) is 0 Å². The van der Waals surface area contributed by atoms with Gasteiger partial charge in [0.2, 0.25) is 5.91 Å². The van der Waals surface area contributed by atoms with Crippen LogP contribution in [0.15, 0.2) is 29.6 Å². The van der Waals surface area contributed by atoms with Crippen LogP contribution < -0.4 is 16.0 Å². The Morgan fingerprint density at radius 2 is 1.77 bits per heavy atom. The van der Waals surface area contributed by atoms with Gasteiger partial charge >= 0.3 is 6.09 Å². The third-order valence-corrected chi connectivity index (χ3v) is 8.76. The van der Waals surface area contributed by atoms with Gasteiger partial charge in [0.05, 0.1) is 17.7 Å². The van der Waals surface area contributed by atoms with Crippen LogP contribution in [-0.2, 0) is 4.79 Å². The summed E-state index contributed by atoms with van der Waals surface area (Å²) >= 11 is 1.50. The summed E-state index contributed by atoms with van der Waals surface area (Å²) in [4.78, 5) is 43.2. The van der Waals surface area contributed by atoms with Crippen molar-refractivity contribution in [1.82, 2.24) is 20.5 Å². The van der Waals surface area contributed by atoms with Crippen molar-refractivity contribution < 1.29 is 19.5 Å². The molecule has 1 unspecified atom stereocenters. The zero-order chi connectivity index (χ0) is 27.4. The molecule has 1 aromatic heterocycles. The normalized spacial score (nSPS) is 22.4. The van der Waals surface area contributed by atoms with Gasteiger partial charge in [-0.05, 0) is 56.6 Å². The zero-order valence-electron chi connectivity index (χ0n) is 21.8. The number of anilines is 1. The third kappa shape index (κ3) is 6.68. The topological polar surface area (TPSA) is 147 Å². The van der Waals surface area contributed by atoms with Gasteiger partial charge in [0.1, 0.15) is 6.04 Å². The number of amides is 3. The molecule has 5 rings (SSSR count). The number of nitrogens with zero attached hydrogens (tertiary/aromatic N) is 3. The number of benzene rings is 1. The Hall–Kier alpha value is -3.65. The number of carbonyl (C=O) groups excluding carboxylic acids is 2. The van der Waals surface area contributed by atoms with Crippen molar-refractivity contribution in [3.63, 3.8) is 0 Å². The molecular weight excluding hydrogens is 516 g/mol. The van der Waals surface area contributed by atoms with Gasteiger partial charge in [-0.2, -0.15) is 5.26 Å². The maximum atomic E-state index is 13.1. The average molecular weight is 551 g/mol. The zero-order valence-corrected chi connectivity index (χ0v) is 22.6. The highest BCUT2D eigenvalue weighted by molar-refractivity contribution is 7.14. The molecule has 4 N–H and O–H groups in total. The van der Waals surface area contributed by atoms with E-state index in [9.17, 15) is 19.6 Å². The van der Waals surface area contributed by atoms with Crippen molar-refractivity contribution >= 4 is 34.4 Å². The Morgan fingerprint density at radius 3 is 2.44 bits per heavy atom. The summed E-state index contributed by atoms with van der Waals surface area (Å²) in [5.41, 5.74) is 2.23. The van der Waals surface area contributed by atoms with E-state index in [0.717, 1.165) is 61.3 Å². The summed E-state index contributed by atoms with van der Waals surface area (Å²) in [6, 6.07) is 9.01. The summed E-state index contributed by atoms with van der Waals surface area (Å²) in [6.45, 7) is 1.03. The SMILES string of the molecule is N#CC(NC(=O)[C@@H]1CCCC[C@@H]1NC(=O)c1ccc(-c2csc(NC3CCN(C(=O)O)CC3)n2)cc1)C1CC1. The molecule has 3 atom stereocenters. The van der Waals surface area contributed by atoms with Crippen LogP contribution in [0.1, 0.15) is 61.7 Å². The Morgan fingerprint density at radius 1 is 1.05 bits per heavy atom. The summed E-state index contributed by atoms with van der Waals surface area (Å²) < 4.78 is 0. The van der Waals surface area contributed by atoms with Crippen molar-refractivity contribution in [3.8, 4) is 17.3 Å². The van der Waals surface area contributed by atoms with E-state index in [0.29, 0.717) is 25.1 Å². The lowest BCUT2D eigenvalue weighted by Gasteiger charge is -2.32. The molecule has 39 heavy (non-hydrogen) atoms. The fraction of sp³-hybridized carbons (Fsp3) is 0.536. The molecular formula is C28H34N6O4S. The fourth-order valence-electron chi connectivity index (χ4n) is 5.47. The van der Waals surface area contributed by atoms with E-state index in [1.807, 2.05) is 17.5 Å². The van der Waals surface area contributed by atoms with Gasteiger partial charge in [0.15, 0.2) is 5.13 Å². The molecule has 0 spiro atoms. The first-order valence-electron chi connectivity index (χ1n) is 13.7. The number of carboxylic acid groups (broad SMARTS) is 1. The molecule has 0 radical (unpaired) electrons. The van der Waals surface area contributed by atoms with E-state index < -0.39 is 12.1 Å². The highest BCUT2D eigenvalue weighted by Crippen LogP contribution is 2.33. The van der Waals surface area contributed by atoms with E-state index >= 15 is 0 Å². The van der Waals surface area contributed by atoms with Gasteiger partial charge in [0.25, 0.3) is 5.91 Å². The lowest BCUT2D eigenvalue weighted by Crippen LogP contribution is -2.50. The van der Waals surface area contributed by atoms with E-state index in [1.165, 1.54) is 16.2 Å². The highest BCUT2D eigenvalue weighted by Gasteiger charge is 2.37. The first kappa shape index (κ1) is 26.9. The van der Waals surface area contributed by atoms with Crippen LogP contribution in [0, 0.1) is 23.2 Å². The molecule has 3 amide bonds. The smallest absolute Gasteiger partial charge is 0.407 e. The quantitative estimate of drug-likeness (QED) is 0.387. The largest absolute Gasteiger partial charge is 0.465 e. The number of piperidine rings is 1. The summed E-state index contributed by atoms with van der Waals surface area (Å²) in [5.74, 6) is -0.405. The maximum absolute atomic E-state index is 13.1. The third-order valence-electron chi connectivity index (χ3n) is 7.99. The Balaban J connectivity index is 1.16. The van der Waals surface area contributed by atoms with Crippen LogP contribution in [-0.4, -0.2) is 64.1 Å². The van der Waals surface area contributed by atoms with Crippen LogP contribution in [0.2, 0.25) is 0 Å². The minimum absolute atomic E-state index is 0.130. The predicted octanol–water partition coefficient (Wildman–Crippen LogP) is 4.07. The number of thiazole rings is 1. The number of rotatable bonds is 8. The van der Waals surface area contributed by atoms with Gasteiger partial charge in [-0.25, -0.2) is 9.78 Å². The number of carbonyl (C=O) groups is 3. The molecule has 1 saturated heterocycles. The second kappa shape index (κ2) is 12.0. The minimum Gasteiger partial charge on any atom is -0.465 e. The van der Waals surface area contributed by atoms with Crippen molar-refractivity contribution in [2.45, 2.75) is 69.5 Å². The molecule has 11 heteroatoms. The molecule has 1 aromatic carbocycles. The van der Waals surface area contributed by atoms with E-state index in [2.05, 4.69) is 27.0 Å². The number of nitrogens with one attached hydrogen (secondary N) is 3. The van der Waals surface area contributed by atoms with Crippen LogP contribution in [0.4, 0.5) is 9.93 Å². The average Bonchev–Trinajstić information content (AvgIpc) is 3.70. The van der Waals surface area contributed by atoms with Crippen LogP contribution in [0.25, 0.3) is 11.3 Å². The van der Waals surface area contributed by atoms with Crippen molar-refractivity contribution in [2.24, 2.45) is 11.8 Å². The molecule has 2 aliphatic carbocycles. The summed E-state index contributed by atoms with van der Waals surface area (Å²) in [5, 5.41) is 30.7. The monoisotopic (exact) mass is 550 g/mol. The molecule has 3 fully saturated rings. The van der Waals surface area contributed by atoms with Crippen LogP contribution in [0.3, 0.4) is 0 Å². The molecule has 2 heterocycles. The Labute approximate surface area is 231 Å². The van der Waals surface area contributed by atoms with Crippen LogP contribution >= 0.6 is 11.3 Å². The molecule has 1 aliphatic heterocycles. The van der Waals surface area contributed by atoms with Gasteiger partial charge in [-0.1, -0.05) is 25.0 Å². The number of hydrogen-bond acceptors (Lipinski definition) is 7. The molecule has 10 nitrogen and oxygen atoms in total. The molecule has 3 aliphatic rings. The van der Waals surface area contributed by atoms with Crippen molar-refractivity contribution in [1.29, 1.82) is 5.26 Å². The fourth-order valence-corrected chi connectivity index (χ4v) is 6.27. The Kier molecular flexibility index (Phi) is 8.31. The maximum Gasteiger partial charge on any atom is 0.407 e. The number of hydrogen-bond donors (Lipinski definition) is 4. The standard InChI is InChI=1S/C28H34N6O4S/c29-15-23(17-5-6-17)32-26(36)21-3-1-2-4-22(21)31-25(35)19-9-7-18(8-10-19)24-16-39-27(33-24)30-20-11-13-34(14-12-20)28(37)38/h7-10,16-17,20-23H,1-6,11-14H2,(H,30,33)(H,31,35)(H,32,36)(H,37,38)/t21-,22+,23?/m1/s1. The molecule has 0 bridgehead atoms. The van der Waals surface area contributed by atoms with Gasteiger partial charge < -0.3 is 26.0 Å². The van der Waals surface area contributed by atoms with Gasteiger partial charge in [-0.15, -0.1) is 11.3 Å². The van der Waals surface area contributed by atoms with Gasteiger partial charge in [-0.3, -0.25) is 9.59 Å². The molecule has 2 aromatic rings. The van der Waals surface area contributed by atoms with E-state index in [-0.39, 0.29) is 35.7 Å². The van der Waals surface area contributed by atoms with Crippen molar-refractivity contribution in [3.05, 3.63) is 35.2 Å². The molecule has 2 saturated carbocycles. The second-order valence-electron chi connectivity index (χ2n) is 10.7. The lowest BCUT2D eigenvalue weighted by atomic mass is 9.83. The summed E-state index contributed by atoms with van der Waals surface area (Å²) in [7, 11) is 0.